The summed E-state index contributed by atoms with van der Waals surface area (Å²) in [6, 6.07) is 24.3. The normalized spacial score (nSPS) is 18.2. The van der Waals surface area contributed by atoms with Crippen LogP contribution >= 0.6 is 0 Å². The predicted molar refractivity (Wildman–Crippen MR) is 133 cm³/mol. The summed E-state index contributed by atoms with van der Waals surface area (Å²) in [5, 5.41) is 3.07. The van der Waals surface area contributed by atoms with E-state index >= 15 is 0 Å². The molecule has 2 atom stereocenters. The van der Waals surface area contributed by atoms with Crippen LogP contribution in [0.4, 0.5) is 5.69 Å². The minimum atomic E-state index is -0.127. The van der Waals surface area contributed by atoms with E-state index < -0.39 is 0 Å². The first-order valence-corrected chi connectivity index (χ1v) is 11.6. The summed E-state index contributed by atoms with van der Waals surface area (Å²) in [6.07, 6.45) is 1.73. The molecule has 0 bridgehead atoms. The first-order chi connectivity index (χ1) is 16.6. The molecule has 4 rings (SSSR count). The van der Waals surface area contributed by atoms with E-state index in [1.807, 2.05) is 30.3 Å². The summed E-state index contributed by atoms with van der Waals surface area (Å²) < 4.78 is 16.1. The minimum Gasteiger partial charge on any atom is -0.497 e. The molecule has 178 valence electrons. The van der Waals surface area contributed by atoms with Crippen LogP contribution in [0.3, 0.4) is 0 Å². The highest BCUT2D eigenvalue weighted by molar-refractivity contribution is 5.94. The predicted octanol–water partition coefficient (Wildman–Crippen LogP) is 5.30. The molecule has 0 aromatic heterocycles. The zero-order chi connectivity index (χ0) is 23.9. The number of carbonyl (C=O) groups is 1. The number of likely N-dealkylation sites (tertiary alicyclic amines) is 1. The van der Waals surface area contributed by atoms with Gasteiger partial charge in [-0.15, -0.1) is 0 Å². The van der Waals surface area contributed by atoms with Crippen molar-refractivity contribution in [2.75, 3.05) is 33.2 Å². The third-order valence-corrected chi connectivity index (χ3v) is 6.43. The van der Waals surface area contributed by atoms with E-state index in [9.17, 15) is 4.79 Å². The number of methoxy groups -OCH3 is 3. The molecule has 1 heterocycles. The second-order valence-corrected chi connectivity index (χ2v) is 8.54. The van der Waals surface area contributed by atoms with Crippen molar-refractivity contribution in [3.05, 3.63) is 83.9 Å². The van der Waals surface area contributed by atoms with Crippen LogP contribution in [0.5, 0.6) is 17.2 Å². The molecule has 6 nitrogen and oxygen atoms in total. The van der Waals surface area contributed by atoms with Crippen molar-refractivity contribution < 1.29 is 19.0 Å². The molecule has 1 aliphatic rings. The van der Waals surface area contributed by atoms with Crippen LogP contribution < -0.4 is 19.5 Å². The Morgan fingerprint density at radius 3 is 2.38 bits per heavy atom. The van der Waals surface area contributed by atoms with E-state index in [-0.39, 0.29) is 17.9 Å². The number of ether oxygens (including phenoxy) is 3. The number of nitrogens with one attached hydrogen (secondary N) is 1. The Kier molecular flexibility index (Phi) is 7.70. The second-order valence-electron chi connectivity index (χ2n) is 8.54. The maximum absolute atomic E-state index is 13.3. The number of amides is 1. The van der Waals surface area contributed by atoms with Crippen LogP contribution in [0.15, 0.2) is 72.8 Å². The number of hydrogen-bond donors (Lipinski definition) is 1. The van der Waals surface area contributed by atoms with Gasteiger partial charge in [0.05, 0.1) is 32.9 Å². The molecule has 34 heavy (non-hydrogen) atoms. The molecule has 0 saturated carbocycles. The molecular weight excluding hydrogens is 428 g/mol. The van der Waals surface area contributed by atoms with Crippen molar-refractivity contribution in [1.82, 2.24) is 4.90 Å². The molecule has 3 aromatic carbocycles. The Bertz CT molecular complexity index is 1100. The summed E-state index contributed by atoms with van der Waals surface area (Å²) in [4.78, 5) is 15.7. The first kappa shape index (κ1) is 23.6. The van der Waals surface area contributed by atoms with E-state index in [4.69, 9.17) is 14.2 Å². The van der Waals surface area contributed by atoms with Crippen LogP contribution in [0.25, 0.3) is 0 Å². The highest BCUT2D eigenvalue weighted by Crippen LogP contribution is 2.36. The van der Waals surface area contributed by atoms with Crippen LogP contribution in [-0.4, -0.2) is 38.7 Å². The van der Waals surface area contributed by atoms with Gasteiger partial charge in [0.15, 0.2) is 0 Å². The van der Waals surface area contributed by atoms with E-state index in [2.05, 4.69) is 46.6 Å². The smallest absolute Gasteiger partial charge is 0.228 e. The van der Waals surface area contributed by atoms with Crippen molar-refractivity contribution in [2.45, 2.75) is 25.4 Å². The average Bonchev–Trinajstić information content (AvgIpc) is 2.89. The lowest BCUT2D eigenvalue weighted by molar-refractivity contribution is -0.122. The van der Waals surface area contributed by atoms with Gasteiger partial charge < -0.3 is 19.5 Å². The van der Waals surface area contributed by atoms with E-state index in [1.54, 1.807) is 27.4 Å². The number of benzene rings is 3. The fourth-order valence-electron chi connectivity index (χ4n) is 4.63. The number of anilines is 1. The Morgan fingerprint density at radius 1 is 0.882 bits per heavy atom. The lowest BCUT2D eigenvalue weighted by Gasteiger charge is -2.39. The highest BCUT2D eigenvalue weighted by atomic mass is 16.5. The zero-order valence-corrected chi connectivity index (χ0v) is 20.0. The van der Waals surface area contributed by atoms with Crippen molar-refractivity contribution in [3.8, 4) is 17.2 Å². The zero-order valence-electron chi connectivity index (χ0n) is 20.0. The Balaban J connectivity index is 1.53. The molecule has 0 radical (unpaired) electrons. The van der Waals surface area contributed by atoms with Gasteiger partial charge in [-0.1, -0.05) is 42.5 Å². The van der Waals surface area contributed by atoms with Crippen molar-refractivity contribution >= 4 is 11.6 Å². The monoisotopic (exact) mass is 460 g/mol. The SMILES string of the molecule is COc1cccc(CN2CC(C(=O)Nc3ccc(OC)cc3OC)CCC2c2ccccc2)c1. The maximum Gasteiger partial charge on any atom is 0.228 e. The summed E-state index contributed by atoms with van der Waals surface area (Å²) >= 11 is 0. The second kappa shape index (κ2) is 11.1. The van der Waals surface area contributed by atoms with Gasteiger partial charge in [0.25, 0.3) is 0 Å². The van der Waals surface area contributed by atoms with Gasteiger partial charge in [0.1, 0.15) is 17.2 Å². The highest BCUT2D eigenvalue weighted by Gasteiger charge is 2.33. The minimum absolute atomic E-state index is 0.00520. The largest absolute Gasteiger partial charge is 0.497 e. The van der Waals surface area contributed by atoms with Crippen molar-refractivity contribution in [1.29, 1.82) is 0 Å². The van der Waals surface area contributed by atoms with Gasteiger partial charge in [-0.25, -0.2) is 0 Å². The van der Waals surface area contributed by atoms with Gasteiger partial charge >= 0.3 is 0 Å². The molecule has 3 aromatic rings. The standard InChI is InChI=1S/C28H32N2O4/c1-32-23-11-7-8-20(16-23)18-30-19-22(12-15-26(30)21-9-5-4-6-10-21)28(31)29-25-14-13-24(33-2)17-27(25)34-3/h4-11,13-14,16-17,22,26H,12,15,18-19H2,1-3H3,(H,29,31). The number of hydrogen-bond acceptors (Lipinski definition) is 5. The molecule has 0 spiro atoms. The molecular formula is C28H32N2O4. The molecule has 1 amide bonds. The first-order valence-electron chi connectivity index (χ1n) is 11.6. The van der Waals surface area contributed by atoms with Crippen molar-refractivity contribution in [2.24, 2.45) is 5.92 Å². The Hall–Kier alpha value is -3.51. The van der Waals surface area contributed by atoms with Crippen LogP contribution in [0, 0.1) is 5.92 Å². The summed E-state index contributed by atoms with van der Waals surface area (Å²) in [7, 11) is 4.88. The van der Waals surface area contributed by atoms with Crippen LogP contribution in [0.2, 0.25) is 0 Å². The number of rotatable bonds is 8. The lowest BCUT2D eigenvalue weighted by Crippen LogP contribution is -2.42. The summed E-state index contributed by atoms with van der Waals surface area (Å²) in [5.41, 5.74) is 3.09. The quantitative estimate of drug-likeness (QED) is 0.494. The van der Waals surface area contributed by atoms with E-state index in [1.165, 1.54) is 5.56 Å². The van der Waals surface area contributed by atoms with E-state index in [0.717, 1.165) is 30.7 Å². The Labute approximate surface area is 201 Å². The maximum atomic E-state index is 13.3. The fraction of sp³-hybridized carbons (Fsp3) is 0.321. The van der Waals surface area contributed by atoms with Crippen molar-refractivity contribution in [3.63, 3.8) is 0 Å². The lowest BCUT2D eigenvalue weighted by atomic mass is 9.88. The topological polar surface area (TPSA) is 60.0 Å². The van der Waals surface area contributed by atoms with Gasteiger partial charge in [-0.2, -0.15) is 0 Å². The molecule has 1 aliphatic heterocycles. The number of piperidine rings is 1. The molecule has 1 saturated heterocycles. The van der Waals surface area contributed by atoms with Gasteiger partial charge in [-0.3, -0.25) is 9.69 Å². The average molecular weight is 461 g/mol. The number of nitrogens with zero attached hydrogens (tertiary/aromatic N) is 1. The van der Waals surface area contributed by atoms with Crippen LogP contribution in [-0.2, 0) is 11.3 Å². The van der Waals surface area contributed by atoms with E-state index in [0.29, 0.717) is 23.7 Å². The molecule has 0 aliphatic carbocycles. The fourth-order valence-corrected chi connectivity index (χ4v) is 4.63. The van der Waals surface area contributed by atoms with Gasteiger partial charge in [0.2, 0.25) is 5.91 Å². The molecule has 6 heteroatoms. The molecule has 1 fully saturated rings. The molecule has 1 N–H and O–H groups in total. The summed E-state index contributed by atoms with van der Waals surface area (Å²) in [5.74, 6) is 1.98. The number of carbonyl (C=O) groups excluding carboxylic acids is 1. The Morgan fingerprint density at radius 2 is 1.65 bits per heavy atom. The third-order valence-electron chi connectivity index (χ3n) is 6.43. The summed E-state index contributed by atoms with van der Waals surface area (Å²) in [6.45, 7) is 1.41. The molecule has 2 unspecified atom stereocenters. The van der Waals surface area contributed by atoms with Gasteiger partial charge in [-0.05, 0) is 48.2 Å². The third kappa shape index (κ3) is 5.51. The van der Waals surface area contributed by atoms with Crippen LogP contribution in [0.1, 0.15) is 30.0 Å². The van der Waals surface area contributed by atoms with Gasteiger partial charge in [0, 0.05) is 25.2 Å².